The van der Waals surface area contributed by atoms with Crippen LogP contribution in [0, 0.1) is 0 Å². The third kappa shape index (κ3) is 6.27. The highest BCUT2D eigenvalue weighted by Gasteiger charge is 2.42. The van der Waals surface area contributed by atoms with E-state index in [1.807, 2.05) is 36.4 Å². The van der Waals surface area contributed by atoms with Crippen molar-refractivity contribution >= 4 is 17.6 Å². The number of carbonyl (C=O) groups excluding carboxylic acids is 3. The van der Waals surface area contributed by atoms with E-state index in [1.54, 1.807) is 83.8 Å². The lowest BCUT2D eigenvalue weighted by Crippen LogP contribution is -2.53. The van der Waals surface area contributed by atoms with Gasteiger partial charge in [0.25, 0.3) is 5.91 Å². The highest BCUT2D eigenvalue weighted by Crippen LogP contribution is 2.30. The zero-order valence-electron chi connectivity index (χ0n) is 22.6. The summed E-state index contributed by atoms with van der Waals surface area (Å²) < 4.78 is 5.97. The number of rotatable bonds is 10. The first kappa shape index (κ1) is 28.0. The maximum Gasteiger partial charge on any atom is 0.267 e. The van der Waals surface area contributed by atoms with Gasteiger partial charge in [-0.25, -0.2) is 0 Å². The van der Waals surface area contributed by atoms with Gasteiger partial charge < -0.3 is 9.84 Å². The summed E-state index contributed by atoms with van der Waals surface area (Å²) in [6, 6.07) is 33.2. The number of Topliss-reactive ketones (excluding diaryl/α,β-unsaturated/α-hetero) is 1. The second-order valence-corrected chi connectivity index (χ2v) is 10.1. The van der Waals surface area contributed by atoms with Crippen molar-refractivity contribution in [3.8, 4) is 5.75 Å². The predicted octanol–water partition coefficient (Wildman–Crippen LogP) is 4.49. The number of imide groups is 1. The number of carbonyl (C=O) groups is 3. The molecule has 2 amide bonds. The molecule has 1 saturated heterocycles. The van der Waals surface area contributed by atoms with E-state index < -0.39 is 23.5 Å². The number of nitrogens with one attached hydrogen (secondary N) is 1. The van der Waals surface area contributed by atoms with Crippen molar-refractivity contribution < 1.29 is 24.2 Å². The maximum absolute atomic E-state index is 13.5. The Balaban J connectivity index is 1.29. The van der Waals surface area contributed by atoms with E-state index in [0.717, 1.165) is 5.56 Å². The summed E-state index contributed by atoms with van der Waals surface area (Å²) in [5, 5.41) is 14.1. The van der Waals surface area contributed by atoms with E-state index in [9.17, 15) is 19.5 Å². The van der Waals surface area contributed by atoms with Gasteiger partial charge in [0.1, 0.15) is 12.4 Å². The fraction of sp³-hybridized carbons (Fsp3) is 0.206. The number of nitrogens with zero attached hydrogens (tertiary/aromatic N) is 1. The summed E-state index contributed by atoms with van der Waals surface area (Å²) >= 11 is 0. The maximum atomic E-state index is 13.5. The van der Waals surface area contributed by atoms with Crippen molar-refractivity contribution in [3.05, 3.63) is 138 Å². The summed E-state index contributed by atoms with van der Waals surface area (Å²) in [6.45, 7) is 0.861. The average Bonchev–Trinajstić information content (AvgIpc) is 3.49. The van der Waals surface area contributed by atoms with Crippen LogP contribution in [0.15, 0.2) is 115 Å². The van der Waals surface area contributed by atoms with Crippen LogP contribution in [0.25, 0.3) is 0 Å². The molecule has 41 heavy (non-hydrogen) atoms. The zero-order valence-corrected chi connectivity index (χ0v) is 22.6. The fourth-order valence-electron chi connectivity index (χ4n) is 5.21. The van der Waals surface area contributed by atoms with Gasteiger partial charge >= 0.3 is 0 Å². The molecule has 208 valence electrons. The topological polar surface area (TPSA) is 95.9 Å². The molecule has 7 heteroatoms. The quantitative estimate of drug-likeness (QED) is 0.284. The summed E-state index contributed by atoms with van der Waals surface area (Å²) in [7, 11) is 0. The molecule has 4 aromatic rings. The minimum atomic E-state index is -2.06. The lowest BCUT2D eigenvalue weighted by Gasteiger charge is -2.29. The van der Waals surface area contributed by atoms with E-state index in [4.69, 9.17) is 4.74 Å². The lowest BCUT2D eigenvalue weighted by atomic mass is 9.85. The molecular formula is C34H32N2O5. The van der Waals surface area contributed by atoms with Crippen LogP contribution in [-0.4, -0.2) is 46.7 Å². The molecule has 0 spiro atoms. The van der Waals surface area contributed by atoms with E-state index in [1.165, 1.54) is 0 Å². The third-order valence-electron chi connectivity index (χ3n) is 7.39. The number of ether oxygens (including phenoxy) is 1. The molecule has 0 aliphatic carbocycles. The normalized spacial score (nSPS) is 15.3. The second-order valence-electron chi connectivity index (χ2n) is 10.1. The van der Waals surface area contributed by atoms with Gasteiger partial charge in [0.05, 0.1) is 18.2 Å². The summed E-state index contributed by atoms with van der Waals surface area (Å²) in [6.07, 6.45) is 1.20. The van der Waals surface area contributed by atoms with Crippen LogP contribution < -0.4 is 10.1 Å². The molecule has 0 bridgehead atoms. The van der Waals surface area contributed by atoms with Gasteiger partial charge in [-0.1, -0.05) is 103 Å². The molecule has 0 radical (unpaired) electrons. The molecule has 0 saturated carbocycles. The van der Waals surface area contributed by atoms with E-state index in [2.05, 4.69) is 5.32 Å². The monoisotopic (exact) mass is 548 g/mol. The number of benzene rings is 4. The molecule has 1 aliphatic heterocycles. The number of likely N-dealkylation sites (tertiary alicyclic amines) is 1. The summed E-state index contributed by atoms with van der Waals surface area (Å²) in [4.78, 5) is 42.1. The standard InChI is InChI=1S/C34H32N2O5/c37-30(28-19-10-11-21-31(28)41-24-25-13-4-1-5-14-25)23-36-22-12-20-29(36)32(38)35-33(39)34(40,26-15-6-2-7-16-26)27-17-8-3-9-18-27/h1-11,13-19,21,29,40H,12,20,22-24H2,(H,35,38,39)/t29-/m0/s1. The van der Waals surface area contributed by atoms with Gasteiger partial charge in [-0.2, -0.15) is 0 Å². The SMILES string of the molecule is O=C(CN1CCC[C@H]1C(=O)NC(=O)C(O)(c1ccccc1)c1ccccc1)c1ccccc1OCc1ccccc1. The number of aliphatic hydroxyl groups is 1. The molecule has 2 N–H and O–H groups in total. The molecule has 1 fully saturated rings. The first-order valence-corrected chi connectivity index (χ1v) is 13.7. The molecule has 5 rings (SSSR count). The first-order chi connectivity index (χ1) is 20.0. The lowest BCUT2D eigenvalue weighted by molar-refractivity contribution is -0.142. The Morgan fingerprint density at radius 3 is 2.00 bits per heavy atom. The zero-order chi connectivity index (χ0) is 28.7. The number of hydrogen-bond donors (Lipinski definition) is 2. The Hall–Kier alpha value is -4.59. The Bertz CT molecular complexity index is 1450. The van der Waals surface area contributed by atoms with E-state index >= 15 is 0 Å². The van der Waals surface area contributed by atoms with Crippen molar-refractivity contribution in [2.24, 2.45) is 0 Å². The Morgan fingerprint density at radius 1 is 0.805 bits per heavy atom. The largest absolute Gasteiger partial charge is 0.488 e. The second kappa shape index (κ2) is 12.7. The Labute approximate surface area is 239 Å². The molecule has 4 aromatic carbocycles. The smallest absolute Gasteiger partial charge is 0.267 e. The van der Waals surface area contributed by atoms with Gasteiger partial charge in [0.2, 0.25) is 5.91 Å². The first-order valence-electron chi connectivity index (χ1n) is 13.7. The van der Waals surface area contributed by atoms with Crippen LogP contribution >= 0.6 is 0 Å². The molecule has 1 atom stereocenters. The number of ketones is 1. The van der Waals surface area contributed by atoms with Gasteiger partial charge in [-0.3, -0.25) is 24.6 Å². The van der Waals surface area contributed by atoms with Crippen LogP contribution in [0.3, 0.4) is 0 Å². The third-order valence-corrected chi connectivity index (χ3v) is 7.39. The van der Waals surface area contributed by atoms with Gasteiger partial charge in [0.15, 0.2) is 11.4 Å². The molecule has 1 aliphatic rings. The number of para-hydroxylation sites is 1. The number of hydrogen-bond acceptors (Lipinski definition) is 6. The van der Waals surface area contributed by atoms with E-state index in [0.29, 0.717) is 48.4 Å². The van der Waals surface area contributed by atoms with Crippen molar-refractivity contribution in [2.45, 2.75) is 31.1 Å². The Morgan fingerprint density at radius 2 is 1.37 bits per heavy atom. The van der Waals surface area contributed by atoms with Crippen LogP contribution in [-0.2, 0) is 21.8 Å². The van der Waals surface area contributed by atoms with Gasteiger partial charge in [-0.15, -0.1) is 0 Å². The summed E-state index contributed by atoms with van der Waals surface area (Å²) in [5.74, 6) is -1.07. The molecule has 0 aromatic heterocycles. The Kier molecular flexibility index (Phi) is 8.67. The fourth-order valence-corrected chi connectivity index (χ4v) is 5.21. The minimum absolute atomic E-state index is 0.000371. The highest BCUT2D eigenvalue weighted by molar-refractivity contribution is 6.04. The average molecular weight is 549 g/mol. The minimum Gasteiger partial charge on any atom is -0.488 e. The molecule has 7 nitrogen and oxygen atoms in total. The van der Waals surface area contributed by atoms with Crippen molar-refractivity contribution in [2.75, 3.05) is 13.1 Å². The van der Waals surface area contributed by atoms with Crippen molar-refractivity contribution in [1.82, 2.24) is 10.2 Å². The van der Waals surface area contributed by atoms with Crippen LogP contribution in [0.4, 0.5) is 0 Å². The van der Waals surface area contributed by atoms with Crippen molar-refractivity contribution in [1.29, 1.82) is 0 Å². The van der Waals surface area contributed by atoms with Gasteiger partial charge in [-0.05, 0) is 48.2 Å². The van der Waals surface area contributed by atoms with Crippen LogP contribution in [0.1, 0.15) is 39.9 Å². The molecular weight excluding hydrogens is 516 g/mol. The number of amides is 2. The predicted molar refractivity (Wildman–Crippen MR) is 155 cm³/mol. The van der Waals surface area contributed by atoms with Crippen LogP contribution in [0.5, 0.6) is 5.75 Å². The van der Waals surface area contributed by atoms with Crippen LogP contribution in [0.2, 0.25) is 0 Å². The van der Waals surface area contributed by atoms with Crippen molar-refractivity contribution in [3.63, 3.8) is 0 Å². The molecule has 1 heterocycles. The van der Waals surface area contributed by atoms with Gasteiger partial charge in [0, 0.05) is 0 Å². The summed E-state index contributed by atoms with van der Waals surface area (Å²) in [5.41, 5.74) is 0.0609. The molecule has 0 unspecified atom stereocenters. The highest BCUT2D eigenvalue weighted by atomic mass is 16.5. The van der Waals surface area contributed by atoms with E-state index in [-0.39, 0.29) is 12.3 Å².